The standard InChI is InChI=1S/C21H34INO7Si/c1-9-13-16(22)15-18(25)23(10-11-29-31(7,8)20(2,3)4)17(19(26)28-6)21(15,30-13)12-14(24)27-5/h9,13,15-17H,1,10-12H2,2-8H3/t13-,15+,16-,17-,21+/m0/s1. The summed E-state index contributed by atoms with van der Waals surface area (Å²) < 4.78 is 22.1. The van der Waals surface area contributed by atoms with Crippen LogP contribution in [-0.2, 0) is 33.0 Å². The van der Waals surface area contributed by atoms with Crippen molar-refractivity contribution in [3.63, 3.8) is 0 Å². The van der Waals surface area contributed by atoms with Gasteiger partial charge in [0.1, 0.15) is 5.60 Å². The van der Waals surface area contributed by atoms with E-state index in [1.54, 1.807) is 6.08 Å². The number of likely N-dealkylation sites (tertiary alicyclic amines) is 1. The van der Waals surface area contributed by atoms with Gasteiger partial charge in [0.05, 0.1) is 43.2 Å². The van der Waals surface area contributed by atoms with Gasteiger partial charge in [0.2, 0.25) is 5.91 Å². The topological polar surface area (TPSA) is 91.4 Å². The molecule has 0 aromatic carbocycles. The smallest absolute Gasteiger partial charge is 0.331 e. The number of esters is 2. The number of hydrogen-bond acceptors (Lipinski definition) is 7. The summed E-state index contributed by atoms with van der Waals surface area (Å²) in [6, 6.07) is -1.07. The third-order valence-corrected chi connectivity index (χ3v) is 12.7. The van der Waals surface area contributed by atoms with Gasteiger partial charge in [0.25, 0.3) is 0 Å². The lowest BCUT2D eigenvalue weighted by Gasteiger charge is -2.38. The van der Waals surface area contributed by atoms with Crippen LogP contribution in [0, 0.1) is 5.92 Å². The van der Waals surface area contributed by atoms with Crippen LogP contribution >= 0.6 is 22.6 Å². The largest absolute Gasteiger partial charge is 0.469 e. The number of carbonyl (C=O) groups is 3. The molecule has 8 nitrogen and oxygen atoms in total. The average molecular weight is 567 g/mol. The Morgan fingerprint density at radius 3 is 2.39 bits per heavy atom. The zero-order valence-corrected chi connectivity index (χ0v) is 22.6. The summed E-state index contributed by atoms with van der Waals surface area (Å²) in [6.07, 6.45) is 0.890. The number of fused-ring (bicyclic) bond motifs is 1. The molecule has 31 heavy (non-hydrogen) atoms. The monoisotopic (exact) mass is 567 g/mol. The first-order chi connectivity index (χ1) is 14.3. The normalized spacial score (nSPS) is 30.8. The van der Waals surface area contributed by atoms with E-state index < -0.39 is 43.9 Å². The summed E-state index contributed by atoms with van der Waals surface area (Å²) in [5.41, 5.74) is -1.38. The lowest BCUT2D eigenvalue weighted by molar-refractivity contribution is -0.164. The van der Waals surface area contributed by atoms with Crippen LogP contribution in [0.25, 0.3) is 0 Å². The fourth-order valence-electron chi connectivity index (χ4n) is 4.02. The molecule has 0 saturated carbocycles. The SMILES string of the molecule is C=C[C@@H]1O[C@@]2(CC(=O)OC)[C@H](C(=O)OC)N(CCO[Si](C)(C)C(C)(C)C)C(=O)[C@H]2[C@H]1I. The molecular weight excluding hydrogens is 533 g/mol. The molecule has 2 heterocycles. The molecule has 2 aliphatic heterocycles. The molecule has 0 aliphatic carbocycles. The first-order valence-corrected chi connectivity index (χ1v) is 14.5. The molecule has 2 aliphatic rings. The highest BCUT2D eigenvalue weighted by Crippen LogP contribution is 2.52. The first-order valence-electron chi connectivity index (χ1n) is 10.3. The highest BCUT2D eigenvalue weighted by molar-refractivity contribution is 14.1. The molecule has 2 fully saturated rings. The summed E-state index contributed by atoms with van der Waals surface area (Å²) in [6.45, 7) is 14.9. The second kappa shape index (κ2) is 9.48. The number of methoxy groups -OCH3 is 2. The Bertz CT molecular complexity index is 738. The maximum atomic E-state index is 13.5. The van der Waals surface area contributed by atoms with Crippen molar-refractivity contribution >= 4 is 48.8 Å². The summed E-state index contributed by atoms with van der Waals surface area (Å²) in [7, 11) is 0.490. The maximum Gasteiger partial charge on any atom is 0.331 e. The van der Waals surface area contributed by atoms with E-state index >= 15 is 0 Å². The van der Waals surface area contributed by atoms with Gasteiger partial charge in [-0.25, -0.2) is 4.79 Å². The molecule has 0 spiro atoms. The van der Waals surface area contributed by atoms with Crippen LogP contribution in [0.15, 0.2) is 12.7 Å². The number of amides is 1. The Hall–Kier alpha value is -0.983. The van der Waals surface area contributed by atoms with Crippen LogP contribution in [0.3, 0.4) is 0 Å². The summed E-state index contributed by atoms with van der Waals surface area (Å²) in [4.78, 5) is 40.2. The van der Waals surface area contributed by atoms with E-state index in [4.69, 9.17) is 18.6 Å². The molecule has 1 amide bonds. The summed E-state index contributed by atoms with van der Waals surface area (Å²) in [5, 5.41) is 0.0139. The Kier molecular flexibility index (Phi) is 8.03. The van der Waals surface area contributed by atoms with Crippen LogP contribution in [0.2, 0.25) is 18.1 Å². The van der Waals surface area contributed by atoms with Crippen molar-refractivity contribution in [2.24, 2.45) is 5.92 Å². The molecule has 0 aromatic heterocycles. The first kappa shape index (κ1) is 26.3. The minimum atomic E-state index is -2.04. The van der Waals surface area contributed by atoms with Gasteiger partial charge in [0, 0.05) is 6.54 Å². The average Bonchev–Trinajstić information content (AvgIpc) is 3.09. The molecule has 0 N–H and O–H groups in total. The van der Waals surface area contributed by atoms with Gasteiger partial charge in [-0.2, -0.15) is 0 Å². The molecule has 0 aromatic rings. The molecule has 0 unspecified atom stereocenters. The number of hydrogen-bond donors (Lipinski definition) is 0. The summed E-state index contributed by atoms with van der Waals surface area (Å²) in [5.74, 6) is -2.13. The van der Waals surface area contributed by atoms with Gasteiger partial charge in [-0.05, 0) is 18.1 Å². The molecule has 2 saturated heterocycles. The lowest BCUT2D eigenvalue weighted by Crippen LogP contribution is -2.54. The molecule has 176 valence electrons. The fourth-order valence-corrected chi connectivity index (χ4v) is 6.41. The Balaban J connectivity index is 2.40. The Morgan fingerprint density at radius 2 is 1.90 bits per heavy atom. The molecule has 0 radical (unpaired) electrons. The van der Waals surface area contributed by atoms with Crippen LogP contribution in [0.1, 0.15) is 27.2 Å². The van der Waals surface area contributed by atoms with Gasteiger partial charge in [-0.1, -0.05) is 49.4 Å². The second-order valence-corrected chi connectivity index (χ2v) is 15.8. The van der Waals surface area contributed by atoms with Gasteiger partial charge >= 0.3 is 11.9 Å². The number of ether oxygens (including phenoxy) is 3. The number of carbonyl (C=O) groups excluding carboxylic acids is 3. The van der Waals surface area contributed by atoms with E-state index in [-0.39, 0.29) is 34.4 Å². The highest BCUT2D eigenvalue weighted by atomic mass is 127. The quantitative estimate of drug-likeness (QED) is 0.147. The molecule has 0 bridgehead atoms. The molecule has 10 heteroatoms. The van der Waals surface area contributed by atoms with E-state index in [1.165, 1.54) is 19.1 Å². The number of nitrogens with zero attached hydrogens (tertiary/aromatic N) is 1. The van der Waals surface area contributed by atoms with E-state index in [9.17, 15) is 14.4 Å². The predicted molar refractivity (Wildman–Crippen MR) is 126 cm³/mol. The van der Waals surface area contributed by atoms with Crippen molar-refractivity contribution < 1.29 is 33.0 Å². The third-order valence-electron chi connectivity index (χ3n) is 6.74. The van der Waals surface area contributed by atoms with E-state index in [2.05, 4.69) is 63.0 Å². The Labute approximate surface area is 199 Å². The lowest BCUT2D eigenvalue weighted by atomic mass is 9.81. The van der Waals surface area contributed by atoms with E-state index in [0.29, 0.717) is 0 Å². The highest BCUT2D eigenvalue weighted by Gasteiger charge is 2.70. The minimum Gasteiger partial charge on any atom is -0.469 e. The fraction of sp³-hybridized carbons (Fsp3) is 0.762. The van der Waals surface area contributed by atoms with Crippen molar-refractivity contribution in [3.8, 4) is 0 Å². The van der Waals surface area contributed by atoms with Gasteiger partial charge in [-0.3, -0.25) is 9.59 Å². The second-order valence-electron chi connectivity index (χ2n) is 9.51. The van der Waals surface area contributed by atoms with Crippen molar-refractivity contribution in [1.29, 1.82) is 0 Å². The van der Waals surface area contributed by atoms with Crippen LogP contribution in [-0.4, -0.2) is 80.1 Å². The minimum absolute atomic E-state index is 0.0139. The maximum absolute atomic E-state index is 13.5. The van der Waals surface area contributed by atoms with Crippen molar-refractivity contribution in [2.45, 2.75) is 67.0 Å². The third kappa shape index (κ3) is 4.72. The molecule has 5 atom stereocenters. The van der Waals surface area contributed by atoms with Crippen LogP contribution in [0.5, 0.6) is 0 Å². The zero-order chi connectivity index (χ0) is 23.8. The number of halogens is 1. The molecule has 2 rings (SSSR count). The van der Waals surface area contributed by atoms with E-state index in [0.717, 1.165) is 0 Å². The van der Waals surface area contributed by atoms with Crippen molar-refractivity contribution in [1.82, 2.24) is 4.90 Å². The number of alkyl halides is 1. The molecular formula is C21H34INO7Si. The van der Waals surface area contributed by atoms with E-state index in [1.807, 2.05) is 0 Å². The Morgan fingerprint density at radius 1 is 1.29 bits per heavy atom. The predicted octanol–water partition coefficient (Wildman–Crippen LogP) is 2.70. The van der Waals surface area contributed by atoms with Gasteiger partial charge in [0.15, 0.2) is 14.4 Å². The van der Waals surface area contributed by atoms with Gasteiger partial charge in [-0.15, -0.1) is 6.58 Å². The van der Waals surface area contributed by atoms with Crippen LogP contribution < -0.4 is 0 Å². The van der Waals surface area contributed by atoms with Gasteiger partial charge < -0.3 is 23.5 Å². The van der Waals surface area contributed by atoms with Crippen molar-refractivity contribution in [3.05, 3.63) is 12.7 Å². The van der Waals surface area contributed by atoms with Crippen LogP contribution in [0.4, 0.5) is 0 Å². The zero-order valence-electron chi connectivity index (χ0n) is 19.4. The summed E-state index contributed by atoms with van der Waals surface area (Å²) >= 11 is 2.14. The van der Waals surface area contributed by atoms with Crippen molar-refractivity contribution in [2.75, 3.05) is 27.4 Å². The number of rotatable bonds is 8.